The van der Waals surface area contributed by atoms with Crippen molar-refractivity contribution >= 4 is 31.0 Å². The van der Waals surface area contributed by atoms with Gasteiger partial charge in [0.1, 0.15) is 5.82 Å². The van der Waals surface area contributed by atoms with E-state index in [2.05, 4.69) is 10.6 Å². The van der Waals surface area contributed by atoms with Gasteiger partial charge in [-0.2, -0.15) is 0 Å². The van der Waals surface area contributed by atoms with Gasteiger partial charge < -0.3 is 10.6 Å². The predicted molar refractivity (Wildman–Crippen MR) is 106 cm³/mol. The fraction of sp³-hybridized carbons (Fsp3) is 0.222. The van der Waals surface area contributed by atoms with Crippen molar-refractivity contribution in [2.45, 2.75) is 13.8 Å². The summed E-state index contributed by atoms with van der Waals surface area (Å²) in [5.74, 6) is -0.721. The van der Waals surface area contributed by atoms with Crippen LogP contribution in [0.25, 0.3) is 0 Å². The molecule has 0 aliphatic rings. The first-order chi connectivity index (χ1) is 12.3. The van der Waals surface area contributed by atoms with Crippen molar-refractivity contribution in [1.82, 2.24) is 0 Å². The molecule has 0 spiro atoms. The van der Waals surface area contributed by atoms with Crippen molar-refractivity contribution in [2.24, 2.45) is 0 Å². The van der Waals surface area contributed by atoms with Gasteiger partial charge in [-0.15, -0.1) is 0 Å². The van der Waals surface area contributed by atoms with Gasteiger partial charge in [0.25, 0.3) is 0 Å². The molecule has 6 nitrogen and oxygen atoms in total. The van der Waals surface area contributed by atoms with E-state index in [1.165, 1.54) is 13.8 Å². The van der Waals surface area contributed by atoms with Crippen molar-refractivity contribution in [2.75, 3.05) is 22.1 Å². The zero-order valence-corrected chi connectivity index (χ0v) is 16.3. The predicted octanol–water partition coefficient (Wildman–Crippen LogP) is 3.21. The highest BCUT2D eigenvalue weighted by atomic mass is 32.3. The van der Waals surface area contributed by atoms with E-state index in [-0.39, 0.29) is 17.3 Å². The maximum absolute atomic E-state index is 12.6. The lowest BCUT2D eigenvalue weighted by Gasteiger charge is -2.18. The first-order valence-corrected chi connectivity index (χ1v) is 11.4. The Bertz CT molecular complexity index is 889. The van der Waals surface area contributed by atoms with Crippen molar-refractivity contribution < 1.29 is 16.8 Å². The van der Waals surface area contributed by atoms with Gasteiger partial charge in [0.2, 0.25) is 0 Å². The number of para-hydroxylation sites is 2. The SMILES string of the molecule is CCS(=O)(=O)C(=C(Nc1ccccc1)Nc1ccccc1)S(=O)(=O)CC. The zero-order chi connectivity index (χ0) is 19.2. The van der Waals surface area contributed by atoms with Crippen LogP contribution in [0.15, 0.2) is 70.7 Å². The fourth-order valence-corrected chi connectivity index (χ4v) is 5.84. The van der Waals surface area contributed by atoms with E-state index in [0.29, 0.717) is 11.4 Å². The largest absolute Gasteiger partial charge is 0.340 e. The van der Waals surface area contributed by atoms with Gasteiger partial charge in [0, 0.05) is 11.4 Å². The number of rotatable bonds is 8. The summed E-state index contributed by atoms with van der Waals surface area (Å²) in [6.07, 6.45) is 0. The number of hydrogen-bond donors (Lipinski definition) is 2. The lowest BCUT2D eigenvalue weighted by Crippen LogP contribution is -2.25. The summed E-state index contributed by atoms with van der Waals surface area (Å²) in [4.78, 5) is 0. The Kier molecular flexibility index (Phi) is 6.44. The molecule has 2 aromatic rings. The zero-order valence-electron chi connectivity index (χ0n) is 14.6. The third kappa shape index (κ3) is 4.86. The Morgan fingerprint density at radius 2 is 1.04 bits per heavy atom. The number of sulfone groups is 2. The van der Waals surface area contributed by atoms with Gasteiger partial charge in [-0.05, 0) is 24.3 Å². The van der Waals surface area contributed by atoms with Crippen LogP contribution in [0.3, 0.4) is 0 Å². The molecule has 2 rings (SSSR count). The Morgan fingerprint density at radius 1 is 0.692 bits per heavy atom. The summed E-state index contributed by atoms with van der Waals surface area (Å²) in [6.45, 7) is 2.84. The maximum atomic E-state index is 12.6. The molecule has 2 N–H and O–H groups in total. The first-order valence-electron chi connectivity index (χ1n) is 8.14. The van der Waals surface area contributed by atoms with E-state index >= 15 is 0 Å². The van der Waals surface area contributed by atoms with Crippen molar-refractivity contribution in [3.63, 3.8) is 0 Å². The van der Waals surface area contributed by atoms with Crippen LogP contribution in [-0.2, 0) is 19.7 Å². The average Bonchev–Trinajstić information content (AvgIpc) is 2.63. The monoisotopic (exact) mass is 394 g/mol. The van der Waals surface area contributed by atoms with E-state index in [1.807, 2.05) is 12.1 Å². The topological polar surface area (TPSA) is 92.3 Å². The second-order valence-corrected chi connectivity index (χ2v) is 10.1. The summed E-state index contributed by atoms with van der Waals surface area (Å²) >= 11 is 0. The van der Waals surface area contributed by atoms with Crippen LogP contribution in [0.1, 0.15) is 13.8 Å². The normalized spacial score (nSPS) is 11.6. The molecule has 0 amide bonds. The molecule has 0 aromatic heterocycles. The molecule has 0 atom stereocenters. The van der Waals surface area contributed by atoms with E-state index in [4.69, 9.17) is 0 Å². The van der Waals surface area contributed by atoms with Crippen LogP contribution >= 0.6 is 0 Å². The van der Waals surface area contributed by atoms with Crippen LogP contribution < -0.4 is 10.6 Å². The molecule has 0 radical (unpaired) electrons. The molecule has 0 bridgehead atoms. The lowest BCUT2D eigenvalue weighted by molar-refractivity contribution is 0.596. The quantitative estimate of drug-likeness (QED) is 0.714. The van der Waals surface area contributed by atoms with Crippen LogP contribution in [0.4, 0.5) is 11.4 Å². The van der Waals surface area contributed by atoms with Crippen molar-refractivity contribution in [1.29, 1.82) is 0 Å². The van der Waals surface area contributed by atoms with E-state index in [1.54, 1.807) is 48.5 Å². The van der Waals surface area contributed by atoms with Gasteiger partial charge in [-0.3, -0.25) is 0 Å². The molecule has 0 unspecified atom stereocenters. The van der Waals surface area contributed by atoms with Crippen LogP contribution in [0, 0.1) is 0 Å². The fourth-order valence-electron chi connectivity index (χ4n) is 2.23. The van der Waals surface area contributed by atoms with E-state index < -0.39 is 23.9 Å². The molecule has 0 saturated heterocycles. The summed E-state index contributed by atoms with van der Waals surface area (Å²) in [5, 5.41) is 5.84. The molecule has 0 aliphatic carbocycles. The molecule has 26 heavy (non-hydrogen) atoms. The second-order valence-electron chi connectivity index (χ2n) is 5.45. The Balaban J connectivity index is 2.69. The van der Waals surface area contributed by atoms with E-state index in [0.717, 1.165) is 0 Å². The Hall–Kier alpha value is -2.32. The minimum atomic E-state index is -4.00. The molecule has 8 heteroatoms. The molecular weight excluding hydrogens is 372 g/mol. The smallest absolute Gasteiger partial charge is 0.199 e. The van der Waals surface area contributed by atoms with Gasteiger partial charge in [-0.25, -0.2) is 16.8 Å². The van der Waals surface area contributed by atoms with Crippen LogP contribution in [0.2, 0.25) is 0 Å². The number of nitrogens with one attached hydrogen (secondary N) is 2. The van der Waals surface area contributed by atoms with Gasteiger partial charge in [0.15, 0.2) is 23.9 Å². The number of anilines is 2. The van der Waals surface area contributed by atoms with Gasteiger partial charge in [0.05, 0.1) is 11.5 Å². The van der Waals surface area contributed by atoms with Gasteiger partial charge >= 0.3 is 0 Å². The highest BCUT2D eigenvalue weighted by Crippen LogP contribution is 2.24. The number of benzene rings is 2. The molecule has 0 fully saturated rings. The summed E-state index contributed by atoms with van der Waals surface area (Å²) in [7, 11) is -8.01. The second kappa shape index (κ2) is 8.37. The van der Waals surface area contributed by atoms with Crippen LogP contribution in [0.5, 0.6) is 0 Å². The summed E-state index contributed by atoms with van der Waals surface area (Å²) in [6, 6.07) is 17.6. The minimum absolute atomic E-state index is 0.0777. The summed E-state index contributed by atoms with van der Waals surface area (Å²) in [5.41, 5.74) is 1.14. The number of hydrogen-bond acceptors (Lipinski definition) is 6. The third-order valence-corrected chi connectivity index (χ3v) is 8.20. The Morgan fingerprint density at radius 3 is 1.35 bits per heavy atom. The molecule has 2 aromatic carbocycles. The summed E-state index contributed by atoms with van der Waals surface area (Å²) < 4.78 is 49.8. The van der Waals surface area contributed by atoms with Crippen molar-refractivity contribution in [3.8, 4) is 0 Å². The Labute approximate surface area is 154 Å². The first kappa shape index (κ1) is 20.0. The van der Waals surface area contributed by atoms with Crippen molar-refractivity contribution in [3.05, 3.63) is 70.7 Å². The third-order valence-electron chi connectivity index (χ3n) is 3.62. The van der Waals surface area contributed by atoms with Crippen LogP contribution in [-0.4, -0.2) is 28.3 Å². The lowest BCUT2D eigenvalue weighted by atomic mass is 10.3. The highest BCUT2D eigenvalue weighted by molar-refractivity contribution is 8.14. The highest BCUT2D eigenvalue weighted by Gasteiger charge is 2.32. The van der Waals surface area contributed by atoms with E-state index in [9.17, 15) is 16.8 Å². The average molecular weight is 395 g/mol. The minimum Gasteiger partial charge on any atom is -0.340 e. The molecular formula is C18H22N2O4S2. The molecule has 0 heterocycles. The molecule has 0 saturated carbocycles. The standard InChI is InChI=1S/C18H22N2O4S2/c1-3-25(21,22)18(26(23,24)4-2)17(19-15-11-7-5-8-12-15)20-16-13-9-6-10-14-16/h5-14,19-20H,3-4H2,1-2H3. The molecule has 0 aliphatic heterocycles. The maximum Gasteiger partial charge on any atom is 0.199 e. The van der Waals surface area contributed by atoms with Gasteiger partial charge in [-0.1, -0.05) is 50.2 Å². The molecule has 140 valence electrons.